The first kappa shape index (κ1) is 15.3. The molecule has 1 aliphatic rings. The smallest absolute Gasteiger partial charge is 0.287 e. The minimum absolute atomic E-state index is 0.186. The van der Waals surface area contributed by atoms with Gasteiger partial charge in [0.05, 0.1) is 18.0 Å². The summed E-state index contributed by atoms with van der Waals surface area (Å²) in [6.07, 6.45) is 4.09. The molecule has 0 saturated heterocycles. The first-order chi connectivity index (χ1) is 9.47. The summed E-state index contributed by atoms with van der Waals surface area (Å²) >= 11 is 6.11. The molecule has 1 saturated carbocycles. The number of hydrogen-bond acceptors (Lipinski definition) is 4. The molecular formula is C14H22ClN3O2. The second-order valence-corrected chi connectivity index (χ2v) is 6.35. The van der Waals surface area contributed by atoms with E-state index >= 15 is 0 Å². The number of hydrogen-bond donors (Lipinski definition) is 2. The van der Waals surface area contributed by atoms with E-state index in [0.717, 1.165) is 19.3 Å². The topological polar surface area (TPSA) is 67.2 Å². The fourth-order valence-corrected chi connectivity index (χ4v) is 2.77. The molecule has 0 amide bonds. The summed E-state index contributed by atoms with van der Waals surface area (Å²) in [4.78, 5) is 12.1. The Morgan fingerprint density at radius 1 is 1.55 bits per heavy atom. The monoisotopic (exact) mass is 299 g/mol. The van der Waals surface area contributed by atoms with Gasteiger partial charge in [-0.1, -0.05) is 25.4 Å². The van der Waals surface area contributed by atoms with Crippen molar-refractivity contribution in [3.05, 3.63) is 21.6 Å². The van der Waals surface area contributed by atoms with Crippen molar-refractivity contribution in [2.45, 2.75) is 45.8 Å². The average molecular weight is 300 g/mol. The molecule has 20 heavy (non-hydrogen) atoms. The number of aliphatic hydroxyl groups excluding tert-OH is 1. The summed E-state index contributed by atoms with van der Waals surface area (Å²) in [5.41, 5.74) is 0.329. The van der Waals surface area contributed by atoms with Gasteiger partial charge in [0.1, 0.15) is 5.02 Å². The van der Waals surface area contributed by atoms with Crippen LogP contribution >= 0.6 is 11.6 Å². The Balaban J connectivity index is 2.02. The van der Waals surface area contributed by atoms with E-state index in [2.05, 4.69) is 10.4 Å². The van der Waals surface area contributed by atoms with Crippen LogP contribution in [-0.2, 0) is 6.54 Å². The summed E-state index contributed by atoms with van der Waals surface area (Å²) in [6.45, 7) is 5.33. The molecule has 1 aromatic heterocycles. The van der Waals surface area contributed by atoms with Crippen LogP contribution in [0.3, 0.4) is 0 Å². The number of halogens is 1. The van der Waals surface area contributed by atoms with E-state index in [-0.39, 0.29) is 16.7 Å². The third-order valence-electron chi connectivity index (χ3n) is 3.62. The maximum Gasteiger partial charge on any atom is 0.287 e. The largest absolute Gasteiger partial charge is 0.393 e. The number of rotatable bonds is 5. The third kappa shape index (κ3) is 3.73. The quantitative estimate of drug-likeness (QED) is 0.874. The van der Waals surface area contributed by atoms with Gasteiger partial charge in [0.25, 0.3) is 5.56 Å². The molecule has 112 valence electrons. The molecule has 0 radical (unpaired) electrons. The molecule has 2 atom stereocenters. The van der Waals surface area contributed by atoms with Gasteiger partial charge in [-0.3, -0.25) is 4.79 Å². The first-order valence-corrected chi connectivity index (χ1v) is 7.52. The summed E-state index contributed by atoms with van der Waals surface area (Å²) in [5.74, 6) is 0.772. The van der Waals surface area contributed by atoms with Crippen molar-refractivity contribution < 1.29 is 5.11 Å². The SMILES string of the molecule is CC(C)Cn1ncc(NCC2CCC(O)C2)c(Cl)c1=O. The lowest BCUT2D eigenvalue weighted by Gasteiger charge is -2.14. The van der Waals surface area contributed by atoms with Crippen LogP contribution in [0.25, 0.3) is 0 Å². The van der Waals surface area contributed by atoms with Crippen molar-refractivity contribution in [2.75, 3.05) is 11.9 Å². The van der Waals surface area contributed by atoms with E-state index in [1.165, 1.54) is 4.68 Å². The normalized spacial score (nSPS) is 22.4. The lowest BCUT2D eigenvalue weighted by Crippen LogP contribution is -2.26. The maximum atomic E-state index is 12.1. The highest BCUT2D eigenvalue weighted by molar-refractivity contribution is 6.32. The molecule has 0 aliphatic heterocycles. The average Bonchev–Trinajstić information content (AvgIpc) is 2.79. The maximum absolute atomic E-state index is 12.1. The van der Waals surface area contributed by atoms with Gasteiger partial charge in [0.15, 0.2) is 0 Å². The number of aliphatic hydroxyl groups is 1. The van der Waals surface area contributed by atoms with Gasteiger partial charge in [0.2, 0.25) is 0 Å². The van der Waals surface area contributed by atoms with E-state index in [1.807, 2.05) is 13.8 Å². The highest BCUT2D eigenvalue weighted by Gasteiger charge is 2.22. The lowest BCUT2D eigenvalue weighted by molar-refractivity contribution is 0.178. The third-order valence-corrected chi connectivity index (χ3v) is 3.98. The zero-order valence-electron chi connectivity index (χ0n) is 12.0. The van der Waals surface area contributed by atoms with Crippen molar-refractivity contribution in [3.63, 3.8) is 0 Å². The molecular weight excluding hydrogens is 278 g/mol. The number of aromatic nitrogens is 2. The number of nitrogens with one attached hydrogen (secondary N) is 1. The molecule has 1 fully saturated rings. The van der Waals surface area contributed by atoms with Crippen molar-refractivity contribution in [3.8, 4) is 0 Å². The first-order valence-electron chi connectivity index (χ1n) is 7.15. The molecule has 2 rings (SSSR count). The molecule has 0 spiro atoms. The van der Waals surface area contributed by atoms with Gasteiger partial charge in [-0.2, -0.15) is 5.10 Å². The van der Waals surface area contributed by atoms with E-state index in [0.29, 0.717) is 30.6 Å². The Bertz CT molecular complexity index is 516. The molecule has 2 N–H and O–H groups in total. The highest BCUT2D eigenvalue weighted by atomic mass is 35.5. The molecule has 0 bridgehead atoms. The van der Waals surface area contributed by atoms with Gasteiger partial charge in [-0.05, 0) is 31.1 Å². The minimum atomic E-state index is -0.253. The Morgan fingerprint density at radius 3 is 2.90 bits per heavy atom. The summed E-state index contributed by atoms with van der Waals surface area (Å²) in [7, 11) is 0. The Hall–Kier alpha value is -1.07. The van der Waals surface area contributed by atoms with Crippen LogP contribution in [-0.4, -0.2) is 27.5 Å². The van der Waals surface area contributed by atoms with Crippen LogP contribution < -0.4 is 10.9 Å². The van der Waals surface area contributed by atoms with Crippen LogP contribution in [0, 0.1) is 11.8 Å². The van der Waals surface area contributed by atoms with Crippen molar-refractivity contribution >= 4 is 17.3 Å². The zero-order valence-corrected chi connectivity index (χ0v) is 12.7. The fraction of sp³-hybridized carbons (Fsp3) is 0.714. The standard InChI is InChI=1S/C14H22ClN3O2/c1-9(2)8-18-14(20)13(15)12(7-17-18)16-6-10-3-4-11(19)5-10/h7,9-11,16,19H,3-6,8H2,1-2H3. The molecule has 6 heteroatoms. The molecule has 2 unspecified atom stereocenters. The zero-order chi connectivity index (χ0) is 14.7. The molecule has 1 heterocycles. The fourth-order valence-electron chi connectivity index (χ4n) is 2.55. The highest BCUT2D eigenvalue weighted by Crippen LogP contribution is 2.26. The van der Waals surface area contributed by atoms with E-state index in [9.17, 15) is 9.90 Å². The van der Waals surface area contributed by atoms with Gasteiger partial charge < -0.3 is 10.4 Å². The van der Waals surface area contributed by atoms with E-state index in [1.54, 1.807) is 6.20 Å². The lowest BCUT2D eigenvalue weighted by atomic mass is 10.1. The predicted molar refractivity (Wildman–Crippen MR) is 80.2 cm³/mol. The summed E-state index contributed by atoms with van der Waals surface area (Å²) in [6, 6.07) is 0. The van der Waals surface area contributed by atoms with Gasteiger partial charge in [0, 0.05) is 13.1 Å². The summed E-state index contributed by atoms with van der Waals surface area (Å²) in [5, 5.41) is 17.0. The van der Waals surface area contributed by atoms with Crippen molar-refractivity contribution in [1.82, 2.24) is 9.78 Å². The molecule has 5 nitrogen and oxygen atoms in total. The van der Waals surface area contributed by atoms with Gasteiger partial charge >= 0.3 is 0 Å². The second kappa shape index (κ2) is 6.59. The van der Waals surface area contributed by atoms with Crippen LogP contribution in [0.4, 0.5) is 5.69 Å². The molecule has 1 aromatic rings. The molecule has 0 aromatic carbocycles. The summed E-state index contributed by atoms with van der Waals surface area (Å²) < 4.78 is 1.40. The van der Waals surface area contributed by atoms with Crippen molar-refractivity contribution in [1.29, 1.82) is 0 Å². The minimum Gasteiger partial charge on any atom is -0.393 e. The van der Waals surface area contributed by atoms with E-state index < -0.39 is 0 Å². The Labute approximate surface area is 124 Å². The number of anilines is 1. The van der Waals surface area contributed by atoms with Crippen molar-refractivity contribution in [2.24, 2.45) is 11.8 Å². The Kier molecular flexibility index (Phi) is 5.05. The predicted octanol–water partition coefficient (Wildman–Crippen LogP) is 2.13. The second-order valence-electron chi connectivity index (χ2n) is 5.97. The van der Waals surface area contributed by atoms with Crippen LogP contribution in [0.15, 0.2) is 11.0 Å². The van der Waals surface area contributed by atoms with Gasteiger partial charge in [-0.15, -0.1) is 0 Å². The number of nitrogens with zero attached hydrogens (tertiary/aromatic N) is 2. The van der Waals surface area contributed by atoms with Crippen LogP contribution in [0.5, 0.6) is 0 Å². The van der Waals surface area contributed by atoms with Crippen LogP contribution in [0.1, 0.15) is 33.1 Å². The van der Waals surface area contributed by atoms with E-state index in [4.69, 9.17) is 11.6 Å². The van der Waals surface area contributed by atoms with Crippen LogP contribution in [0.2, 0.25) is 5.02 Å². The van der Waals surface area contributed by atoms with Gasteiger partial charge in [-0.25, -0.2) is 4.68 Å². The Morgan fingerprint density at radius 2 is 2.30 bits per heavy atom. The molecule has 1 aliphatic carbocycles.